The predicted octanol–water partition coefficient (Wildman–Crippen LogP) is 3.04. The Morgan fingerprint density at radius 2 is 1.68 bits per heavy atom. The molecule has 0 radical (unpaired) electrons. The minimum atomic E-state index is -0.554. The van der Waals surface area contributed by atoms with E-state index in [1.165, 1.54) is 12.1 Å². The Balaban J connectivity index is 1.90. The molecule has 0 heterocycles. The molecule has 2 aromatic rings. The zero-order valence-electron chi connectivity index (χ0n) is 10.9. The molecule has 2 nitrogen and oxygen atoms in total. The molecule has 2 aromatic carbocycles. The maximum absolute atomic E-state index is 12.8. The molecular formula is C16H18FNO. The van der Waals surface area contributed by atoms with Gasteiger partial charge in [0, 0.05) is 12.6 Å². The van der Waals surface area contributed by atoms with Crippen LogP contribution in [0.3, 0.4) is 0 Å². The van der Waals surface area contributed by atoms with Gasteiger partial charge in [0.1, 0.15) is 5.82 Å². The molecule has 2 rings (SSSR count). The Bertz CT molecular complexity index is 498. The van der Waals surface area contributed by atoms with Gasteiger partial charge in [0.05, 0.1) is 6.10 Å². The van der Waals surface area contributed by atoms with Crippen LogP contribution in [0.4, 0.5) is 4.39 Å². The summed E-state index contributed by atoms with van der Waals surface area (Å²) in [6, 6.07) is 15.8. The van der Waals surface area contributed by atoms with Crippen molar-refractivity contribution in [3.63, 3.8) is 0 Å². The standard InChI is InChI=1S/C16H18FNO/c1-12(16(19)14-5-3-2-4-6-14)18-11-13-7-9-15(17)10-8-13/h2-10,12,16,18-19H,11H2,1H3/t12-,16+/m0/s1. The van der Waals surface area contributed by atoms with E-state index in [9.17, 15) is 9.50 Å². The lowest BCUT2D eigenvalue weighted by atomic mass is 10.0. The van der Waals surface area contributed by atoms with E-state index in [1.807, 2.05) is 37.3 Å². The summed E-state index contributed by atoms with van der Waals surface area (Å²) in [6.45, 7) is 2.53. The van der Waals surface area contributed by atoms with Gasteiger partial charge in [0.15, 0.2) is 0 Å². The topological polar surface area (TPSA) is 32.3 Å². The summed E-state index contributed by atoms with van der Waals surface area (Å²) in [5.74, 6) is -0.235. The molecule has 100 valence electrons. The van der Waals surface area contributed by atoms with Crippen molar-refractivity contribution in [2.45, 2.75) is 25.6 Å². The first kappa shape index (κ1) is 13.7. The van der Waals surface area contributed by atoms with Crippen molar-refractivity contribution in [3.8, 4) is 0 Å². The van der Waals surface area contributed by atoms with Gasteiger partial charge in [0.2, 0.25) is 0 Å². The summed E-state index contributed by atoms with van der Waals surface area (Å²) in [7, 11) is 0. The van der Waals surface area contributed by atoms with Crippen molar-refractivity contribution in [2.24, 2.45) is 0 Å². The maximum Gasteiger partial charge on any atom is 0.123 e. The lowest BCUT2D eigenvalue weighted by Crippen LogP contribution is -2.31. The first-order chi connectivity index (χ1) is 9.16. The van der Waals surface area contributed by atoms with Gasteiger partial charge in [-0.25, -0.2) is 4.39 Å². The van der Waals surface area contributed by atoms with Crippen LogP contribution >= 0.6 is 0 Å². The number of aliphatic hydroxyl groups is 1. The van der Waals surface area contributed by atoms with Gasteiger partial charge in [-0.1, -0.05) is 42.5 Å². The predicted molar refractivity (Wildman–Crippen MR) is 74.1 cm³/mol. The Morgan fingerprint density at radius 3 is 2.32 bits per heavy atom. The summed E-state index contributed by atoms with van der Waals surface area (Å²) in [5.41, 5.74) is 1.88. The molecule has 2 N–H and O–H groups in total. The number of benzene rings is 2. The average molecular weight is 259 g/mol. The van der Waals surface area contributed by atoms with Crippen LogP contribution in [0.2, 0.25) is 0 Å². The van der Waals surface area contributed by atoms with Crippen LogP contribution in [0.5, 0.6) is 0 Å². The third-order valence-corrected chi connectivity index (χ3v) is 3.16. The van der Waals surface area contributed by atoms with E-state index in [0.29, 0.717) is 6.54 Å². The van der Waals surface area contributed by atoms with E-state index in [4.69, 9.17) is 0 Å². The molecule has 0 spiro atoms. The highest BCUT2D eigenvalue weighted by Crippen LogP contribution is 2.16. The number of aliphatic hydroxyl groups excluding tert-OH is 1. The van der Waals surface area contributed by atoms with Crippen LogP contribution in [0.15, 0.2) is 54.6 Å². The Kier molecular flexibility index (Phi) is 4.66. The Hall–Kier alpha value is -1.71. The van der Waals surface area contributed by atoms with Crippen LogP contribution in [0.25, 0.3) is 0 Å². The lowest BCUT2D eigenvalue weighted by molar-refractivity contribution is 0.135. The zero-order chi connectivity index (χ0) is 13.7. The fourth-order valence-electron chi connectivity index (χ4n) is 1.93. The number of hydrogen-bond acceptors (Lipinski definition) is 2. The number of hydrogen-bond donors (Lipinski definition) is 2. The molecule has 0 aliphatic heterocycles. The average Bonchev–Trinajstić information content (AvgIpc) is 2.46. The molecule has 0 bridgehead atoms. The number of halogens is 1. The van der Waals surface area contributed by atoms with Crippen molar-refractivity contribution in [2.75, 3.05) is 0 Å². The summed E-state index contributed by atoms with van der Waals surface area (Å²) in [6.07, 6.45) is -0.554. The van der Waals surface area contributed by atoms with Crippen molar-refractivity contribution < 1.29 is 9.50 Å². The second kappa shape index (κ2) is 6.45. The van der Waals surface area contributed by atoms with E-state index >= 15 is 0 Å². The molecular weight excluding hydrogens is 241 g/mol. The fourth-order valence-corrected chi connectivity index (χ4v) is 1.93. The van der Waals surface area contributed by atoms with Gasteiger partial charge in [0.25, 0.3) is 0 Å². The minimum Gasteiger partial charge on any atom is -0.387 e. The molecule has 2 atom stereocenters. The van der Waals surface area contributed by atoms with E-state index in [2.05, 4.69) is 5.32 Å². The molecule has 3 heteroatoms. The van der Waals surface area contributed by atoms with Gasteiger partial charge >= 0.3 is 0 Å². The quantitative estimate of drug-likeness (QED) is 0.865. The van der Waals surface area contributed by atoms with Gasteiger partial charge in [-0.15, -0.1) is 0 Å². The summed E-state index contributed by atoms with van der Waals surface area (Å²) < 4.78 is 12.8. The molecule has 0 saturated carbocycles. The SMILES string of the molecule is C[C@H](NCc1ccc(F)cc1)[C@@H](O)c1ccccc1. The first-order valence-corrected chi connectivity index (χ1v) is 6.37. The van der Waals surface area contributed by atoms with Gasteiger partial charge in [-0.05, 0) is 30.2 Å². The van der Waals surface area contributed by atoms with E-state index in [-0.39, 0.29) is 11.9 Å². The smallest absolute Gasteiger partial charge is 0.123 e. The van der Waals surface area contributed by atoms with Crippen LogP contribution in [-0.4, -0.2) is 11.1 Å². The van der Waals surface area contributed by atoms with Gasteiger partial charge < -0.3 is 10.4 Å². The van der Waals surface area contributed by atoms with E-state index in [1.54, 1.807) is 12.1 Å². The van der Waals surface area contributed by atoms with Crippen molar-refractivity contribution in [1.29, 1.82) is 0 Å². The van der Waals surface area contributed by atoms with Crippen molar-refractivity contribution in [1.82, 2.24) is 5.32 Å². The maximum atomic E-state index is 12.8. The second-order valence-electron chi connectivity index (χ2n) is 4.65. The molecule has 0 amide bonds. The molecule has 0 aliphatic rings. The molecule has 0 saturated heterocycles. The molecule has 0 aliphatic carbocycles. The Morgan fingerprint density at radius 1 is 1.05 bits per heavy atom. The monoisotopic (exact) mass is 259 g/mol. The molecule has 0 aromatic heterocycles. The fraction of sp³-hybridized carbons (Fsp3) is 0.250. The summed E-state index contributed by atoms with van der Waals surface area (Å²) in [4.78, 5) is 0. The molecule has 0 fully saturated rings. The first-order valence-electron chi connectivity index (χ1n) is 6.37. The molecule has 19 heavy (non-hydrogen) atoms. The van der Waals surface area contributed by atoms with Crippen LogP contribution in [0.1, 0.15) is 24.2 Å². The third-order valence-electron chi connectivity index (χ3n) is 3.16. The highest BCUT2D eigenvalue weighted by atomic mass is 19.1. The minimum absolute atomic E-state index is 0.0764. The van der Waals surface area contributed by atoms with Crippen LogP contribution in [-0.2, 0) is 6.54 Å². The van der Waals surface area contributed by atoms with Crippen molar-refractivity contribution in [3.05, 3.63) is 71.5 Å². The Labute approximate surface area is 112 Å². The van der Waals surface area contributed by atoms with Crippen LogP contribution in [0, 0.1) is 5.82 Å². The summed E-state index contributed by atoms with van der Waals surface area (Å²) in [5, 5.41) is 13.4. The number of rotatable bonds is 5. The highest BCUT2D eigenvalue weighted by Gasteiger charge is 2.15. The van der Waals surface area contributed by atoms with Gasteiger partial charge in [-0.3, -0.25) is 0 Å². The summed E-state index contributed by atoms with van der Waals surface area (Å²) >= 11 is 0. The van der Waals surface area contributed by atoms with E-state index < -0.39 is 6.10 Å². The van der Waals surface area contributed by atoms with Crippen molar-refractivity contribution >= 4 is 0 Å². The lowest BCUT2D eigenvalue weighted by Gasteiger charge is -2.20. The zero-order valence-corrected chi connectivity index (χ0v) is 10.9. The highest BCUT2D eigenvalue weighted by molar-refractivity contribution is 5.19. The number of nitrogens with one attached hydrogen (secondary N) is 1. The van der Waals surface area contributed by atoms with Gasteiger partial charge in [-0.2, -0.15) is 0 Å². The van der Waals surface area contributed by atoms with Crippen LogP contribution < -0.4 is 5.32 Å². The largest absolute Gasteiger partial charge is 0.387 e. The second-order valence-corrected chi connectivity index (χ2v) is 4.65. The third kappa shape index (κ3) is 3.88. The normalized spacial score (nSPS) is 14.1. The van der Waals surface area contributed by atoms with E-state index in [0.717, 1.165) is 11.1 Å². The molecule has 0 unspecified atom stereocenters.